The molecule has 2 heterocycles. The fourth-order valence-corrected chi connectivity index (χ4v) is 2.83. The van der Waals surface area contributed by atoms with Crippen LogP contribution < -0.4 is 5.32 Å². The Morgan fingerprint density at radius 2 is 2.28 bits per heavy atom. The van der Waals surface area contributed by atoms with E-state index < -0.39 is 0 Å². The molecule has 2 unspecified atom stereocenters. The van der Waals surface area contributed by atoms with Crippen molar-refractivity contribution in [1.82, 2.24) is 15.1 Å². The summed E-state index contributed by atoms with van der Waals surface area (Å²) in [6.07, 6.45) is 2.48. The van der Waals surface area contributed by atoms with Gasteiger partial charge in [-0.05, 0) is 39.5 Å². The van der Waals surface area contributed by atoms with Crippen molar-refractivity contribution in [3.8, 4) is 0 Å². The van der Waals surface area contributed by atoms with E-state index in [-0.39, 0.29) is 0 Å². The number of ether oxygens (including phenoxy) is 1. The van der Waals surface area contributed by atoms with Crippen molar-refractivity contribution in [3.05, 3.63) is 17.0 Å². The predicted molar refractivity (Wildman–Crippen MR) is 72.6 cm³/mol. The second-order valence-corrected chi connectivity index (χ2v) is 5.42. The van der Waals surface area contributed by atoms with Crippen molar-refractivity contribution < 1.29 is 4.74 Å². The van der Waals surface area contributed by atoms with E-state index >= 15 is 0 Å². The molecule has 0 amide bonds. The molecule has 4 nitrogen and oxygen atoms in total. The number of nitrogens with one attached hydrogen (secondary N) is 1. The van der Waals surface area contributed by atoms with Gasteiger partial charge in [0.1, 0.15) is 0 Å². The smallest absolute Gasteiger partial charge is 0.0644 e. The van der Waals surface area contributed by atoms with E-state index in [4.69, 9.17) is 4.74 Å². The molecule has 0 bridgehead atoms. The van der Waals surface area contributed by atoms with E-state index in [1.165, 1.54) is 24.1 Å². The number of aromatic nitrogens is 2. The fourth-order valence-electron chi connectivity index (χ4n) is 2.83. The van der Waals surface area contributed by atoms with Crippen LogP contribution in [0.2, 0.25) is 0 Å². The molecule has 102 valence electrons. The van der Waals surface area contributed by atoms with Crippen LogP contribution in [0.15, 0.2) is 0 Å². The van der Waals surface area contributed by atoms with Gasteiger partial charge >= 0.3 is 0 Å². The highest BCUT2D eigenvalue weighted by Gasteiger charge is 2.18. The predicted octanol–water partition coefficient (Wildman–Crippen LogP) is 2.11. The number of nitrogens with zero attached hydrogens (tertiary/aromatic N) is 2. The highest BCUT2D eigenvalue weighted by molar-refractivity contribution is 5.27. The molecule has 2 atom stereocenters. The number of aryl methyl sites for hydroxylation is 2. The molecular weight excluding hydrogens is 226 g/mol. The third-order valence-electron chi connectivity index (χ3n) is 3.97. The maximum Gasteiger partial charge on any atom is 0.0644 e. The molecular formula is C14H25N3O. The van der Waals surface area contributed by atoms with Gasteiger partial charge in [0.05, 0.1) is 12.3 Å². The van der Waals surface area contributed by atoms with E-state index in [9.17, 15) is 0 Å². The summed E-state index contributed by atoms with van der Waals surface area (Å²) in [5, 5.41) is 8.11. The SMILES string of the molecule is Cc1nn(C)c(C)c1C(C)NCC1CCCOC1. The minimum absolute atomic E-state index is 0.362. The first kappa shape index (κ1) is 13.6. The zero-order valence-electron chi connectivity index (χ0n) is 12.0. The molecule has 18 heavy (non-hydrogen) atoms. The number of hydrogen-bond donors (Lipinski definition) is 1. The summed E-state index contributed by atoms with van der Waals surface area (Å²) in [6.45, 7) is 9.33. The topological polar surface area (TPSA) is 39.1 Å². The molecule has 1 aliphatic heterocycles. The second kappa shape index (κ2) is 5.85. The van der Waals surface area contributed by atoms with Crippen LogP contribution in [0.25, 0.3) is 0 Å². The highest BCUT2D eigenvalue weighted by atomic mass is 16.5. The van der Waals surface area contributed by atoms with Gasteiger partial charge in [0, 0.05) is 37.5 Å². The van der Waals surface area contributed by atoms with E-state index in [0.717, 1.165) is 25.5 Å². The summed E-state index contributed by atoms with van der Waals surface area (Å²) in [5.41, 5.74) is 3.73. The van der Waals surface area contributed by atoms with Crippen molar-refractivity contribution in [2.75, 3.05) is 19.8 Å². The fraction of sp³-hybridized carbons (Fsp3) is 0.786. The van der Waals surface area contributed by atoms with Crippen LogP contribution >= 0.6 is 0 Å². The van der Waals surface area contributed by atoms with Crippen LogP contribution in [-0.2, 0) is 11.8 Å². The van der Waals surface area contributed by atoms with Crippen LogP contribution in [0, 0.1) is 19.8 Å². The summed E-state index contributed by atoms with van der Waals surface area (Å²) in [6, 6.07) is 0.362. The minimum atomic E-state index is 0.362. The van der Waals surface area contributed by atoms with E-state index in [1.54, 1.807) is 0 Å². The molecule has 1 N–H and O–H groups in total. The van der Waals surface area contributed by atoms with Gasteiger partial charge in [0.2, 0.25) is 0 Å². The van der Waals surface area contributed by atoms with E-state index in [1.807, 2.05) is 11.7 Å². The maximum absolute atomic E-state index is 5.52. The Bertz CT molecular complexity index is 394. The average molecular weight is 251 g/mol. The molecule has 4 heteroatoms. The molecule has 0 saturated carbocycles. The minimum Gasteiger partial charge on any atom is -0.381 e. The normalized spacial score (nSPS) is 22.1. The van der Waals surface area contributed by atoms with Crippen LogP contribution in [0.5, 0.6) is 0 Å². The monoisotopic (exact) mass is 251 g/mol. The van der Waals surface area contributed by atoms with Gasteiger partial charge in [0.25, 0.3) is 0 Å². The highest BCUT2D eigenvalue weighted by Crippen LogP contribution is 2.21. The number of hydrogen-bond acceptors (Lipinski definition) is 3. The largest absolute Gasteiger partial charge is 0.381 e. The number of rotatable bonds is 4. The molecule has 0 radical (unpaired) electrons. The van der Waals surface area contributed by atoms with Crippen LogP contribution in [0.1, 0.15) is 42.8 Å². The van der Waals surface area contributed by atoms with Crippen molar-refractivity contribution in [2.24, 2.45) is 13.0 Å². The second-order valence-electron chi connectivity index (χ2n) is 5.42. The van der Waals surface area contributed by atoms with Crippen LogP contribution in [-0.4, -0.2) is 29.5 Å². The molecule has 0 spiro atoms. The Morgan fingerprint density at radius 1 is 1.50 bits per heavy atom. The van der Waals surface area contributed by atoms with Gasteiger partial charge in [0.15, 0.2) is 0 Å². The van der Waals surface area contributed by atoms with Gasteiger partial charge < -0.3 is 10.1 Å². The zero-order chi connectivity index (χ0) is 13.1. The molecule has 1 aliphatic rings. The van der Waals surface area contributed by atoms with Gasteiger partial charge in [-0.1, -0.05) is 0 Å². The van der Waals surface area contributed by atoms with E-state index in [0.29, 0.717) is 12.0 Å². The van der Waals surface area contributed by atoms with E-state index in [2.05, 4.69) is 31.2 Å². The van der Waals surface area contributed by atoms with Crippen molar-refractivity contribution in [1.29, 1.82) is 0 Å². The van der Waals surface area contributed by atoms with Crippen molar-refractivity contribution in [3.63, 3.8) is 0 Å². The molecule has 1 aromatic heterocycles. The maximum atomic E-state index is 5.52. The lowest BCUT2D eigenvalue weighted by atomic mass is 10.0. The first-order valence-electron chi connectivity index (χ1n) is 6.90. The van der Waals surface area contributed by atoms with Gasteiger partial charge in [-0.2, -0.15) is 5.10 Å². The Hall–Kier alpha value is -0.870. The Labute approximate surface area is 110 Å². The molecule has 2 rings (SSSR count). The summed E-state index contributed by atoms with van der Waals surface area (Å²) in [5.74, 6) is 0.665. The lowest BCUT2D eigenvalue weighted by Crippen LogP contribution is -2.31. The van der Waals surface area contributed by atoms with Crippen molar-refractivity contribution in [2.45, 2.75) is 39.7 Å². The Kier molecular flexibility index (Phi) is 4.40. The molecule has 1 aromatic rings. The summed E-state index contributed by atoms with van der Waals surface area (Å²) < 4.78 is 7.48. The van der Waals surface area contributed by atoms with Gasteiger partial charge in [-0.3, -0.25) is 4.68 Å². The van der Waals surface area contributed by atoms with Crippen LogP contribution in [0.3, 0.4) is 0 Å². The van der Waals surface area contributed by atoms with Gasteiger partial charge in [-0.25, -0.2) is 0 Å². The molecule has 0 aliphatic carbocycles. The third-order valence-corrected chi connectivity index (χ3v) is 3.97. The lowest BCUT2D eigenvalue weighted by Gasteiger charge is -2.24. The first-order chi connectivity index (χ1) is 8.59. The summed E-state index contributed by atoms with van der Waals surface area (Å²) in [4.78, 5) is 0. The zero-order valence-corrected chi connectivity index (χ0v) is 12.0. The third kappa shape index (κ3) is 2.93. The first-order valence-corrected chi connectivity index (χ1v) is 6.90. The Morgan fingerprint density at radius 3 is 2.83 bits per heavy atom. The van der Waals surface area contributed by atoms with Crippen molar-refractivity contribution >= 4 is 0 Å². The lowest BCUT2D eigenvalue weighted by molar-refractivity contribution is 0.0540. The van der Waals surface area contributed by atoms with Gasteiger partial charge in [-0.15, -0.1) is 0 Å². The molecule has 1 fully saturated rings. The summed E-state index contributed by atoms with van der Waals surface area (Å²) in [7, 11) is 2.01. The Balaban J connectivity index is 1.92. The quantitative estimate of drug-likeness (QED) is 0.891. The van der Waals surface area contributed by atoms with Crippen LogP contribution in [0.4, 0.5) is 0 Å². The molecule has 1 saturated heterocycles. The average Bonchev–Trinajstić information content (AvgIpc) is 2.62. The standard InChI is InChI=1S/C14H25N3O/c1-10(14-11(2)16-17(4)12(14)3)15-8-13-6-5-7-18-9-13/h10,13,15H,5-9H2,1-4H3. The summed E-state index contributed by atoms with van der Waals surface area (Å²) >= 11 is 0. The molecule has 0 aromatic carbocycles.